The van der Waals surface area contributed by atoms with Crippen LogP contribution < -0.4 is 14.4 Å². The number of ether oxygens (including phenoxy) is 3. The molecule has 1 saturated heterocycles. The Morgan fingerprint density at radius 1 is 0.630 bits per heavy atom. The van der Waals surface area contributed by atoms with Crippen LogP contribution >= 0.6 is 0 Å². The lowest BCUT2D eigenvalue weighted by Crippen LogP contribution is -2.41. The lowest BCUT2D eigenvalue weighted by atomic mass is 9.92. The van der Waals surface area contributed by atoms with E-state index in [9.17, 15) is 14.4 Å². The van der Waals surface area contributed by atoms with E-state index in [1.165, 1.54) is 40.2 Å². The molecule has 54 heavy (non-hydrogen) atoms. The van der Waals surface area contributed by atoms with Crippen LogP contribution in [0.15, 0.2) is 97.1 Å². The van der Waals surface area contributed by atoms with Gasteiger partial charge in [-0.1, -0.05) is 48.5 Å². The molecule has 2 amide bonds. The lowest BCUT2D eigenvalue weighted by Gasteiger charge is -2.32. The highest BCUT2D eigenvalue weighted by Crippen LogP contribution is 2.37. The number of para-hydroxylation sites is 2. The first-order valence-corrected chi connectivity index (χ1v) is 19.1. The van der Waals surface area contributed by atoms with Gasteiger partial charge in [0.1, 0.15) is 11.5 Å². The van der Waals surface area contributed by atoms with Crippen molar-refractivity contribution in [2.75, 3.05) is 44.9 Å². The molecule has 0 aliphatic carbocycles. The van der Waals surface area contributed by atoms with Crippen molar-refractivity contribution >= 4 is 56.0 Å². The van der Waals surface area contributed by atoms with Crippen LogP contribution in [0, 0.1) is 0 Å². The van der Waals surface area contributed by atoms with Crippen molar-refractivity contribution in [3.05, 3.63) is 114 Å². The summed E-state index contributed by atoms with van der Waals surface area (Å²) in [4.78, 5) is 43.5. The number of aryl methyl sites for hydroxylation is 1. The maximum atomic E-state index is 13.6. The van der Waals surface area contributed by atoms with Gasteiger partial charge >= 0.3 is 5.97 Å². The van der Waals surface area contributed by atoms with Crippen molar-refractivity contribution in [3.8, 4) is 11.5 Å². The van der Waals surface area contributed by atoms with E-state index in [2.05, 4.69) is 58.0 Å². The second-order valence-electron chi connectivity index (χ2n) is 14.2. The van der Waals surface area contributed by atoms with E-state index in [1.54, 1.807) is 18.2 Å². The number of methoxy groups -OCH3 is 1. The zero-order valence-electron chi connectivity index (χ0n) is 30.7. The zero-order valence-corrected chi connectivity index (χ0v) is 30.7. The fourth-order valence-corrected chi connectivity index (χ4v) is 8.09. The average Bonchev–Trinajstić information content (AvgIpc) is 3.53. The first-order valence-electron chi connectivity index (χ1n) is 19.1. The van der Waals surface area contributed by atoms with Crippen molar-refractivity contribution in [1.29, 1.82) is 0 Å². The molecule has 5 aromatic carbocycles. The van der Waals surface area contributed by atoms with Crippen LogP contribution in [-0.4, -0.2) is 67.2 Å². The van der Waals surface area contributed by atoms with E-state index in [0.717, 1.165) is 61.8 Å². The highest BCUT2D eigenvalue weighted by atomic mass is 16.5. The molecule has 0 N–H and O–H groups in total. The molecule has 276 valence electrons. The molecule has 1 fully saturated rings. The van der Waals surface area contributed by atoms with Crippen molar-refractivity contribution in [1.82, 2.24) is 9.47 Å². The standard InChI is InChI=1S/C45H45N3O6/c1-52-45(51)31-28-32(53-26-11-9-24-47-40-18-5-3-14-34(40)35-15-4-6-19-41(35)47)30-33(29-31)54-27-12-10-25-48-43(49)37-17-13-16-36-39(46-22-7-2-8-23-46)21-20-38(42(36)37)44(48)50/h3-6,13-21,28-30H,2,7-12,22-27H2,1H3. The summed E-state index contributed by atoms with van der Waals surface area (Å²) in [6, 6.07) is 31.8. The monoisotopic (exact) mass is 723 g/mol. The summed E-state index contributed by atoms with van der Waals surface area (Å²) in [6.45, 7) is 3.95. The molecule has 8 rings (SSSR count). The normalized spacial score (nSPS) is 14.3. The third-order valence-corrected chi connectivity index (χ3v) is 10.7. The van der Waals surface area contributed by atoms with Gasteiger partial charge in [0.15, 0.2) is 0 Å². The van der Waals surface area contributed by atoms with Crippen LogP contribution in [-0.2, 0) is 11.3 Å². The largest absolute Gasteiger partial charge is 0.493 e. The van der Waals surface area contributed by atoms with Gasteiger partial charge in [-0.05, 0) is 87.4 Å². The number of carbonyl (C=O) groups excluding carboxylic acids is 3. The number of nitrogens with zero attached hydrogens (tertiary/aromatic N) is 3. The van der Waals surface area contributed by atoms with Crippen LogP contribution in [0.4, 0.5) is 5.69 Å². The first kappa shape index (κ1) is 35.2. The number of anilines is 1. The molecule has 0 bridgehead atoms. The van der Waals surface area contributed by atoms with Gasteiger partial charge in [-0.15, -0.1) is 0 Å². The summed E-state index contributed by atoms with van der Waals surface area (Å²) in [5.74, 6) is 0.0472. The number of benzene rings is 5. The maximum absolute atomic E-state index is 13.6. The second-order valence-corrected chi connectivity index (χ2v) is 14.2. The van der Waals surface area contributed by atoms with Crippen LogP contribution in [0.1, 0.15) is 76.0 Å². The number of fused-ring (bicyclic) bond motifs is 3. The summed E-state index contributed by atoms with van der Waals surface area (Å²) in [7, 11) is 1.35. The van der Waals surface area contributed by atoms with Crippen LogP contribution in [0.25, 0.3) is 32.6 Å². The van der Waals surface area contributed by atoms with E-state index in [-0.39, 0.29) is 18.4 Å². The summed E-state index contributed by atoms with van der Waals surface area (Å²) in [6.07, 6.45) is 6.45. The van der Waals surface area contributed by atoms with Crippen molar-refractivity contribution < 1.29 is 28.6 Å². The Morgan fingerprint density at radius 3 is 1.87 bits per heavy atom. The predicted octanol–water partition coefficient (Wildman–Crippen LogP) is 9.04. The molecule has 0 atom stereocenters. The van der Waals surface area contributed by atoms with E-state index in [4.69, 9.17) is 14.2 Å². The fraction of sp³-hybridized carbons (Fsp3) is 0.311. The van der Waals surface area contributed by atoms with Gasteiger partial charge < -0.3 is 23.7 Å². The number of aromatic nitrogens is 1. The molecule has 9 nitrogen and oxygen atoms in total. The minimum atomic E-state index is -0.475. The maximum Gasteiger partial charge on any atom is 0.338 e. The summed E-state index contributed by atoms with van der Waals surface area (Å²) in [5, 5.41) is 4.26. The Labute approximate surface area is 315 Å². The van der Waals surface area contributed by atoms with E-state index in [0.29, 0.717) is 54.2 Å². The summed E-state index contributed by atoms with van der Waals surface area (Å²) >= 11 is 0. The fourth-order valence-electron chi connectivity index (χ4n) is 8.09. The minimum Gasteiger partial charge on any atom is -0.493 e. The Balaban J connectivity index is 0.859. The number of imide groups is 1. The summed E-state index contributed by atoms with van der Waals surface area (Å²) < 4.78 is 19.6. The number of rotatable bonds is 14. The Hall–Kier alpha value is -5.83. The van der Waals surface area contributed by atoms with E-state index in [1.807, 2.05) is 30.3 Å². The summed E-state index contributed by atoms with van der Waals surface area (Å²) in [5.41, 5.74) is 5.06. The number of amides is 2. The molecular formula is C45H45N3O6. The molecule has 6 aromatic rings. The van der Waals surface area contributed by atoms with Gasteiger partial charge in [-0.25, -0.2) is 4.79 Å². The second kappa shape index (κ2) is 15.6. The topological polar surface area (TPSA) is 90.3 Å². The van der Waals surface area contributed by atoms with Gasteiger partial charge in [-0.2, -0.15) is 0 Å². The quantitative estimate of drug-likeness (QED) is 0.0630. The third kappa shape index (κ3) is 6.86. The Bertz CT molecular complexity index is 2280. The number of hydrogen-bond acceptors (Lipinski definition) is 7. The highest BCUT2D eigenvalue weighted by molar-refractivity contribution is 6.26. The molecule has 0 spiro atoms. The van der Waals surface area contributed by atoms with Gasteiger partial charge in [0.2, 0.25) is 0 Å². The molecule has 0 unspecified atom stereocenters. The first-order chi connectivity index (χ1) is 26.5. The molecule has 0 saturated carbocycles. The van der Waals surface area contributed by atoms with Gasteiger partial charge in [0.05, 0.1) is 25.9 Å². The van der Waals surface area contributed by atoms with Crippen LogP contribution in [0.3, 0.4) is 0 Å². The number of carbonyl (C=O) groups is 3. The predicted molar refractivity (Wildman–Crippen MR) is 212 cm³/mol. The number of unbranched alkanes of at least 4 members (excludes halogenated alkanes) is 2. The molecule has 3 heterocycles. The smallest absolute Gasteiger partial charge is 0.338 e. The van der Waals surface area contributed by atoms with E-state index < -0.39 is 5.97 Å². The van der Waals surface area contributed by atoms with Gasteiger partial charge in [0.25, 0.3) is 11.8 Å². The molecule has 2 aliphatic rings. The minimum absolute atomic E-state index is 0.252. The number of esters is 1. The SMILES string of the molecule is COC(=O)c1cc(OCCCCN2C(=O)c3cccc4c(N5CCCCC5)ccc(c34)C2=O)cc(OCCCCn2c3ccccc3c3ccccc32)c1. The van der Waals surface area contributed by atoms with Crippen LogP contribution in [0.5, 0.6) is 11.5 Å². The highest BCUT2D eigenvalue weighted by Gasteiger charge is 2.33. The zero-order chi connectivity index (χ0) is 37.0. The van der Waals surface area contributed by atoms with Crippen molar-refractivity contribution in [2.24, 2.45) is 0 Å². The molecule has 2 aliphatic heterocycles. The van der Waals surface area contributed by atoms with Crippen LogP contribution in [0.2, 0.25) is 0 Å². The molecular weight excluding hydrogens is 679 g/mol. The molecule has 0 radical (unpaired) electrons. The van der Waals surface area contributed by atoms with Gasteiger partial charge in [-0.3, -0.25) is 14.5 Å². The van der Waals surface area contributed by atoms with Crippen molar-refractivity contribution in [3.63, 3.8) is 0 Å². The third-order valence-electron chi connectivity index (χ3n) is 10.7. The Morgan fingerprint density at radius 2 is 1.22 bits per heavy atom. The Kier molecular flexibility index (Phi) is 10.2. The van der Waals surface area contributed by atoms with E-state index >= 15 is 0 Å². The number of hydrogen-bond donors (Lipinski definition) is 0. The van der Waals surface area contributed by atoms with Gasteiger partial charge in [0, 0.05) is 81.6 Å². The lowest BCUT2D eigenvalue weighted by molar-refractivity contribution is 0.0592. The average molecular weight is 724 g/mol. The van der Waals surface area contributed by atoms with Crippen molar-refractivity contribution in [2.45, 2.75) is 51.5 Å². The molecule has 1 aromatic heterocycles. The number of piperidine rings is 1. The molecule has 9 heteroatoms.